The Morgan fingerprint density at radius 2 is 1.67 bits per heavy atom. The zero-order chi connectivity index (χ0) is 16.5. The van der Waals surface area contributed by atoms with Gasteiger partial charge in [-0.1, -0.05) is 12.1 Å². The lowest BCUT2D eigenvalue weighted by Gasteiger charge is -2.42. The molecule has 2 fully saturated rings. The van der Waals surface area contributed by atoms with Crippen LogP contribution in [-0.2, 0) is 16.1 Å². The Hall–Kier alpha value is -2.70. The quantitative estimate of drug-likeness (QED) is 0.786. The van der Waals surface area contributed by atoms with E-state index in [0.29, 0.717) is 19.6 Å². The van der Waals surface area contributed by atoms with E-state index in [9.17, 15) is 9.59 Å². The predicted molar refractivity (Wildman–Crippen MR) is 86.1 cm³/mol. The van der Waals surface area contributed by atoms with Crippen LogP contribution in [0, 0.1) is 0 Å². The monoisotopic (exact) mass is 325 g/mol. The minimum Gasteiger partial charge on any atom is -0.330 e. The van der Waals surface area contributed by atoms with Gasteiger partial charge in [-0.15, -0.1) is 0 Å². The Bertz CT molecular complexity index is 737. The van der Waals surface area contributed by atoms with E-state index in [1.54, 1.807) is 22.2 Å². The summed E-state index contributed by atoms with van der Waals surface area (Å²) in [7, 11) is 0. The van der Waals surface area contributed by atoms with Crippen LogP contribution in [0.1, 0.15) is 24.8 Å². The summed E-state index contributed by atoms with van der Waals surface area (Å²) in [5, 5.41) is 8.17. The van der Waals surface area contributed by atoms with Gasteiger partial charge in [0.15, 0.2) is 0 Å². The summed E-state index contributed by atoms with van der Waals surface area (Å²) in [6, 6.07) is 7.98. The number of carbonyl (C=O) groups excluding carboxylic acids is 2. The number of hydrogen-bond acceptors (Lipinski definition) is 4. The van der Waals surface area contributed by atoms with Gasteiger partial charge in [0.25, 0.3) is 0 Å². The highest BCUT2D eigenvalue weighted by Gasteiger charge is 2.38. The van der Waals surface area contributed by atoms with Crippen molar-refractivity contribution in [2.75, 3.05) is 13.1 Å². The number of rotatable bonds is 4. The van der Waals surface area contributed by atoms with E-state index >= 15 is 0 Å². The van der Waals surface area contributed by atoms with Crippen molar-refractivity contribution in [3.05, 3.63) is 42.2 Å². The van der Waals surface area contributed by atoms with Crippen LogP contribution < -0.4 is 0 Å². The molecule has 1 aliphatic heterocycles. The average Bonchev–Trinajstić information content (AvgIpc) is 3.08. The Balaban J connectivity index is 1.42. The van der Waals surface area contributed by atoms with Crippen LogP contribution in [0.3, 0.4) is 0 Å². The summed E-state index contributed by atoms with van der Waals surface area (Å²) in [6.45, 7) is 1.70. The molecule has 1 saturated heterocycles. The summed E-state index contributed by atoms with van der Waals surface area (Å²) < 4.78 is 0. The lowest BCUT2D eigenvalue weighted by molar-refractivity contribution is -0.159. The Morgan fingerprint density at radius 3 is 2.29 bits per heavy atom. The van der Waals surface area contributed by atoms with Gasteiger partial charge in [0.2, 0.25) is 0 Å². The largest absolute Gasteiger partial charge is 0.330 e. The molecule has 1 saturated carbocycles. The molecule has 2 aromatic rings. The number of benzene rings is 1. The topological polar surface area (TPSA) is 71.3 Å². The number of hydrogen-bond donors (Lipinski definition) is 0. The van der Waals surface area contributed by atoms with Crippen LogP contribution in [-0.4, -0.2) is 55.7 Å². The van der Waals surface area contributed by atoms with Crippen LogP contribution >= 0.6 is 0 Å². The van der Waals surface area contributed by atoms with Gasteiger partial charge in [0.1, 0.15) is 0 Å². The first kappa shape index (κ1) is 14.9. The molecule has 0 spiro atoms. The fraction of sp³-hybridized carbons (Fsp3) is 0.412. The van der Waals surface area contributed by atoms with E-state index in [-0.39, 0.29) is 17.9 Å². The number of carbonyl (C=O) groups is 2. The minimum atomic E-state index is -0.383. The van der Waals surface area contributed by atoms with Crippen molar-refractivity contribution in [1.82, 2.24) is 24.8 Å². The van der Waals surface area contributed by atoms with E-state index in [2.05, 4.69) is 10.2 Å². The molecule has 0 bridgehead atoms. The highest BCUT2D eigenvalue weighted by molar-refractivity contribution is 6.35. The Kier molecular flexibility index (Phi) is 3.76. The maximum atomic E-state index is 12.3. The molecule has 2 heterocycles. The van der Waals surface area contributed by atoms with E-state index in [1.807, 2.05) is 24.3 Å². The van der Waals surface area contributed by atoms with Gasteiger partial charge in [-0.05, 0) is 37.0 Å². The molecular weight excluding hydrogens is 306 g/mol. The van der Waals surface area contributed by atoms with E-state index in [4.69, 9.17) is 0 Å². The van der Waals surface area contributed by atoms with Gasteiger partial charge in [-0.2, -0.15) is 15.0 Å². The summed E-state index contributed by atoms with van der Waals surface area (Å²) in [5.74, 6) is -0.728. The van der Waals surface area contributed by atoms with Crippen LogP contribution in [0.25, 0.3) is 5.69 Å². The maximum absolute atomic E-state index is 12.3. The zero-order valence-electron chi connectivity index (χ0n) is 13.3. The van der Waals surface area contributed by atoms with Crippen molar-refractivity contribution >= 4 is 11.8 Å². The normalized spacial score (nSPS) is 18.8. The van der Waals surface area contributed by atoms with Crippen LogP contribution in [0.4, 0.5) is 0 Å². The first-order chi connectivity index (χ1) is 11.7. The zero-order valence-corrected chi connectivity index (χ0v) is 13.3. The standard InChI is InChI=1S/C17H19N5O2/c23-16-17(24)21(14-2-1-3-14)11-10-20(16)12-13-4-6-15(7-5-13)22-18-8-9-19-22/h4-9,14H,1-3,10-12H2. The first-order valence-electron chi connectivity index (χ1n) is 8.28. The molecule has 24 heavy (non-hydrogen) atoms. The molecule has 7 heteroatoms. The average molecular weight is 325 g/mol. The third-order valence-corrected chi connectivity index (χ3v) is 4.82. The molecule has 2 amide bonds. The molecule has 0 unspecified atom stereocenters. The number of piperazine rings is 1. The van der Waals surface area contributed by atoms with Crippen molar-refractivity contribution in [3.8, 4) is 5.69 Å². The highest BCUT2D eigenvalue weighted by atomic mass is 16.2. The van der Waals surface area contributed by atoms with Gasteiger partial charge < -0.3 is 9.80 Å². The molecule has 7 nitrogen and oxygen atoms in total. The molecule has 0 N–H and O–H groups in total. The third-order valence-electron chi connectivity index (χ3n) is 4.82. The third kappa shape index (κ3) is 2.66. The second-order valence-electron chi connectivity index (χ2n) is 6.29. The fourth-order valence-corrected chi connectivity index (χ4v) is 3.19. The van der Waals surface area contributed by atoms with E-state index in [1.165, 1.54) is 4.80 Å². The van der Waals surface area contributed by atoms with Gasteiger partial charge in [-0.3, -0.25) is 9.59 Å². The SMILES string of the molecule is O=C1C(=O)N(C2CCC2)CCN1Cc1ccc(-n2nccn2)cc1. The minimum absolute atomic E-state index is 0.282. The molecule has 2 aliphatic rings. The van der Waals surface area contributed by atoms with Crippen LogP contribution in [0.2, 0.25) is 0 Å². The van der Waals surface area contributed by atoms with Gasteiger partial charge in [-0.25, -0.2) is 0 Å². The first-order valence-corrected chi connectivity index (χ1v) is 8.28. The summed E-state index contributed by atoms with van der Waals surface area (Å²) in [5.41, 5.74) is 1.85. The molecule has 0 radical (unpaired) electrons. The van der Waals surface area contributed by atoms with E-state index in [0.717, 1.165) is 30.5 Å². The number of aromatic nitrogens is 3. The molecular formula is C17H19N5O2. The molecule has 1 aliphatic carbocycles. The highest BCUT2D eigenvalue weighted by Crippen LogP contribution is 2.26. The van der Waals surface area contributed by atoms with E-state index < -0.39 is 0 Å². The lowest BCUT2D eigenvalue weighted by Crippen LogP contribution is -2.58. The van der Waals surface area contributed by atoms with Gasteiger partial charge in [0, 0.05) is 25.7 Å². The van der Waals surface area contributed by atoms with Crippen LogP contribution in [0.15, 0.2) is 36.7 Å². The molecule has 1 aromatic carbocycles. The number of nitrogens with zero attached hydrogens (tertiary/aromatic N) is 5. The van der Waals surface area contributed by atoms with Gasteiger partial charge in [0.05, 0.1) is 18.1 Å². The fourth-order valence-electron chi connectivity index (χ4n) is 3.19. The summed E-state index contributed by atoms with van der Waals surface area (Å²) in [6.07, 6.45) is 6.47. The van der Waals surface area contributed by atoms with Crippen molar-refractivity contribution in [2.24, 2.45) is 0 Å². The summed E-state index contributed by atoms with van der Waals surface area (Å²) >= 11 is 0. The smallest absolute Gasteiger partial charge is 0.312 e. The molecule has 4 rings (SSSR count). The summed E-state index contributed by atoms with van der Waals surface area (Å²) in [4.78, 5) is 29.6. The van der Waals surface area contributed by atoms with Gasteiger partial charge >= 0.3 is 11.8 Å². The van der Waals surface area contributed by atoms with Crippen molar-refractivity contribution < 1.29 is 9.59 Å². The van der Waals surface area contributed by atoms with Crippen molar-refractivity contribution in [3.63, 3.8) is 0 Å². The second kappa shape index (κ2) is 6.07. The number of amides is 2. The second-order valence-corrected chi connectivity index (χ2v) is 6.29. The lowest BCUT2D eigenvalue weighted by atomic mass is 9.91. The van der Waals surface area contributed by atoms with Crippen LogP contribution in [0.5, 0.6) is 0 Å². The maximum Gasteiger partial charge on any atom is 0.312 e. The molecule has 1 aromatic heterocycles. The Labute approximate surface area is 139 Å². The van der Waals surface area contributed by atoms with Crippen molar-refractivity contribution in [2.45, 2.75) is 31.8 Å². The Morgan fingerprint density at radius 1 is 0.958 bits per heavy atom. The predicted octanol–water partition coefficient (Wildman–Crippen LogP) is 0.991. The molecule has 0 atom stereocenters. The molecule has 124 valence electrons. The van der Waals surface area contributed by atoms with Crippen molar-refractivity contribution in [1.29, 1.82) is 0 Å².